The third-order valence-electron chi connectivity index (χ3n) is 4.09. The molecule has 126 valence electrons. The summed E-state index contributed by atoms with van der Waals surface area (Å²) in [5.74, 6) is 0. The van der Waals surface area contributed by atoms with E-state index in [-0.39, 0.29) is 12.1 Å². The fourth-order valence-electron chi connectivity index (χ4n) is 3.01. The van der Waals surface area contributed by atoms with Crippen molar-refractivity contribution < 1.29 is 0 Å². The fraction of sp³-hybridized carbons (Fsp3) is 0.111. The van der Waals surface area contributed by atoms with Crippen LogP contribution in [0.15, 0.2) is 65.3 Å². The van der Waals surface area contributed by atoms with Crippen molar-refractivity contribution in [3.63, 3.8) is 0 Å². The van der Waals surface area contributed by atoms with Crippen LogP contribution in [0, 0.1) is 0 Å². The Morgan fingerprint density at radius 3 is 2.56 bits per heavy atom. The van der Waals surface area contributed by atoms with Gasteiger partial charge in [0.1, 0.15) is 0 Å². The summed E-state index contributed by atoms with van der Waals surface area (Å²) in [5.41, 5.74) is 1.99. The lowest BCUT2D eigenvalue weighted by molar-refractivity contribution is 0.575. The van der Waals surface area contributed by atoms with E-state index in [0.29, 0.717) is 5.11 Å². The summed E-state index contributed by atoms with van der Waals surface area (Å²) in [6, 6.07) is 18.0. The highest BCUT2D eigenvalue weighted by molar-refractivity contribution is 9.10. The molecule has 3 aromatic rings. The fourth-order valence-corrected chi connectivity index (χ4v) is 4.81. The van der Waals surface area contributed by atoms with Crippen molar-refractivity contribution in [2.45, 2.75) is 12.1 Å². The van der Waals surface area contributed by atoms with Gasteiger partial charge >= 0.3 is 0 Å². The molecule has 1 aliphatic heterocycles. The molecule has 0 aliphatic carbocycles. The minimum atomic E-state index is -0.0351. The Morgan fingerprint density at radius 2 is 1.92 bits per heavy atom. The van der Waals surface area contributed by atoms with Crippen LogP contribution < -0.4 is 10.2 Å². The Morgan fingerprint density at radius 1 is 1.12 bits per heavy atom. The van der Waals surface area contributed by atoms with Crippen molar-refractivity contribution in [2.24, 2.45) is 0 Å². The number of hydrogen-bond donors (Lipinski definition) is 1. The predicted octanol–water partition coefficient (Wildman–Crippen LogP) is 5.74. The maximum absolute atomic E-state index is 6.21. The lowest BCUT2D eigenvalue weighted by atomic mass is 10.0. The number of halogens is 2. The van der Waals surface area contributed by atoms with Gasteiger partial charge in [-0.1, -0.05) is 33.6 Å². The van der Waals surface area contributed by atoms with E-state index in [4.69, 9.17) is 23.8 Å². The zero-order chi connectivity index (χ0) is 17.4. The zero-order valence-corrected chi connectivity index (χ0v) is 16.9. The quantitative estimate of drug-likeness (QED) is 0.515. The summed E-state index contributed by atoms with van der Waals surface area (Å²) in [4.78, 5) is 7.83. The van der Waals surface area contributed by atoms with Gasteiger partial charge in [-0.05, 0) is 60.7 Å². The zero-order valence-electron chi connectivity index (χ0n) is 12.9. The van der Waals surface area contributed by atoms with Crippen molar-refractivity contribution in [2.75, 3.05) is 4.90 Å². The highest BCUT2D eigenvalue weighted by atomic mass is 79.9. The standard InChI is InChI=1S/C18H13BrClN3S2/c19-11-4-6-12(7-5-11)23-17(14-8-9-15(20)25-14)16(22-18(23)24)13-3-1-2-10-21-13/h1-10,16-17H,(H,22,24)/t16-,17-/m0/s1. The number of anilines is 1. The van der Waals surface area contributed by atoms with Crippen molar-refractivity contribution in [1.82, 2.24) is 10.3 Å². The molecule has 3 heterocycles. The second-order valence-corrected chi connectivity index (χ2v) is 8.66. The molecule has 2 aromatic heterocycles. The lowest BCUT2D eigenvalue weighted by Gasteiger charge is -2.26. The van der Waals surface area contributed by atoms with Crippen LogP contribution in [-0.4, -0.2) is 10.1 Å². The first-order valence-electron chi connectivity index (χ1n) is 7.65. The number of pyridine rings is 1. The van der Waals surface area contributed by atoms with E-state index in [1.165, 1.54) is 0 Å². The minimum absolute atomic E-state index is 0.000996. The summed E-state index contributed by atoms with van der Waals surface area (Å²) in [7, 11) is 0. The molecule has 0 unspecified atom stereocenters. The van der Waals surface area contributed by atoms with Crippen LogP contribution in [0.5, 0.6) is 0 Å². The van der Waals surface area contributed by atoms with Gasteiger partial charge in [-0.15, -0.1) is 11.3 Å². The maximum Gasteiger partial charge on any atom is 0.174 e. The van der Waals surface area contributed by atoms with E-state index in [1.807, 2.05) is 36.4 Å². The number of thiophene rings is 1. The van der Waals surface area contributed by atoms with Gasteiger partial charge in [0.15, 0.2) is 5.11 Å². The molecule has 1 N–H and O–H groups in total. The molecule has 0 saturated carbocycles. The molecular formula is C18H13BrClN3S2. The lowest BCUT2D eigenvalue weighted by Crippen LogP contribution is -2.28. The molecule has 25 heavy (non-hydrogen) atoms. The SMILES string of the molecule is S=C1N[C@@H](c2ccccn2)[C@H](c2ccc(Cl)s2)N1c1ccc(Br)cc1. The number of aromatic nitrogens is 1. The molecule has 0 spiro atoms. The smallest absolute Gasteiger partial charge is 0.174 e. The van der Waals surface area contributed by atoms with Crippen molar-refractivity contribution in [3.05, 3.63) is 80.2 Å². The van der Waals surface area contributed by atoms with Gasteiger partial charge in [-0.2, -0.15) is 0 Å². The average molecular weight is 451 g/mol. The van der Waals surface area contributed by atoms with Gasteiger partial charge in [0.05, 0.1) is 22.1 Å². The van der Waals surface area contributed by atoms with Crippen molar-refractivity contribution in [1.29, 1.82) is 0 Å². The number of hydrogen-bond acceptors (Lipinski definition) is 3. The minimum Gasteiger partial charge on any atom is -0.351 e. The van der Waals surface area contributed by atoms with E-state index in [9.17, 15) is 0 Å². The van der Waals surface area contributed by atoms with Crippen LogP contribution in [0.1, 0.15) is 22.7 Å². The Hall–Kier alpha value is -1.47. The second-order valence-electron chi connectivity index (χ2n) is 5.61. The molecule has 0 radical (unpaired) electrons. The van der Waals surface area contributed by atoms with Crippen LogP contribution in [0.2, 0.25) is 4.34 Å². The molecule has 7 heteroatoms. The van der Waals surface area contributed by atoms with E-state index in [0.717, 1.165) is 25.1 Å². The number of rotatable bonds is 3. The highest BCUT2D eigenvalue weighted by Crippen LogP contribution is 2.44. The number of thiocarbonyl (C=S) groups is 1. The third kappa shape index (κ3) is 3.31. The normalized spacial score (nSPS) is 19.9. The Balaban J connectivity index is 1.81. The third-order valence-corrected chi connectivity index (χ3v) is 6.23. The summed E-state index contributed by atoms with van der Waals surface area (Å²) < 4.78 is 1.80. The first-order chi connectivity index (χ1) is 12.1. The van der Waals surface area contributed by atoms with Crippen molar-refractivity contribution >= 4 is 61.9 Å². The molecule has 1 fully saturated rings. The molecule has 1 aromatic carbocycles. The van der Waals surface area contributed by atoms with Crippen LogP contribution in [0.25, 0.3) is 0 Å². The van der Waals surface area contributed by atoms with E-state index in [1.54, 1.807) is 17.5 Å². The topological polar surface area (TPSA) is 28.2 Å². The van der Waals surface area contributed by atoms with Crippen LogP contribution in [-0.2, 0) is 0 Å². The summed E-state index contributed by atoms with van der Waals surface area (Å²) in [6.07, 6.45) is 1.81. The Bertz CT molecular complexity index is 898. The largest absolute Gasteiger partial charge is 0.351 e. The monoisotopic (exact) mass is 449 g/mol. The molecule has 1 saturated heterocycles. The average Bonchev–Trinajstić information content (AvgIpc) is 3.20. The van der Waals surface area contributed by atoms with Gasteiger partial charge in [0.25, 0.3) is 0 Å². The number of benzene rings is 1. The summed E-state index contributed by atoms with van der Waals surface area (Å²) in [6.45, 7) is 0. The van der Waals surface area contributed by atoms with E-state index < -0.39 is 0 Å². The molecule has 1 aliphatic rings. The van der Waals surface area contributed by atoms with Crippen LogP contribution in [0.4, 0.5) is 5.69 Å². The van der Waals surface area contributed by atoms with E-state index >= 15 is 0 Å². The van der Waals surface area contributed by atoms with Gasteiger partial charge in [0.2, 0.25) is 0 Å². The van der Waals surface area contributed by atoms with Gasteiger partial charge in [-0.3, -0.25) is 4.98 Å². The molecule has 3 nitrogen and oxygen atoms in total. The van der Waals surface area contributed by atoms with Crippen LogP contribution >= 0.6 is 51.1 Å². The Labute approximate surface area is 168 Å². The maximum atomic E-state index is 6.21. The van der Waals surface area contributed by atoms with Gasteiger partial charge < -0.3 is 10.2 Å². The predicted molar refractivity (Wildman–Crippen MR) is 111 cm³/mol. The van der Waals surface area contributed by atoms with E-state index in [2.05, 4.69) is 49.3 Å². The van der Waals surface area contributed by atoms with Crippen molar-refractivity contribution in [3.8, 4) is 0 Å². The Kier molecular flexibility index (Phi) is 4.78. The molecule has 4 rings (SSSR count). The van der Waals surface area contributed by atoms with Gasteiger partial charge in [0, 0.05) is 21.2 Å². The number of nitrogens with zero attached hydrogens (tertiary/aromatic N) is 2. The first-order valence-corrected chi connectivity index (χ1v) is 10.0. The van der Waals surface area contributed by atoms with Gasteiger partial charge in [-0.25, -0.2) is 0 Å². The highest BCUT2D eigenvalue weighted by Gasteiger charge is 2.41. The summed E-state index contributed by atoms with van der Waals surface area (Å²) in [5, 5.41) is 4.13. The number of nitrogens with one attached hydrogen (secondary N) is 1. The molecule has 0 bridgehead atoms. The van der Waals surface area contributed by atoms with Crippen LogP contribution in [0.3, 0.4) is 0 Å². The summed E-state index contributed by atoms with van der Waals surface area (Å²) >= 11 is 16.9. The molecule has 2 atom stereocenters. The second kappa shape index (κ2) is 7.03. The molecular weight excluding hydrogens is 438 g/mol. The first kappa shape index (κ1) is 17.0. The molecule has 0 amide bonds.